The zero-order valence-corrected chi connectivity index (χ0v) is 10.8. The van der Waals surface area contributed by atoms with Crippen LogP contribution in [0.15, 0.2) is 30.6 Å². The van der Waals surface area contributed by atoms with E-state index in [4.69, 9.17) is 5.73 Å². The summed E-state index contributed by atoms with van der Waals surface area (Å²) < 4.78 is 1.66. The van der Waals surface area contributed by atoms with Crippen LogP contribution in [0.25, 0.3) is 11.4 Å². The van der Waals surface area contributed by atoms with E-state index in [-0.39, 0.29) is 5.91 Å². The molecule has 19 heavy (non-hydrogen) atoms. The normalized spacial score (nSPS) is 10.4. The second-order valence-electron chi connectivity index (χ2n) is 4.16. The van der Waals surface area contributed by atoms with Gasteiger partial charge in [0.1, 0.15) is 6.33 Å². The van der Waals surface area contributed by atoms with Gasteiger partial charge in [-0.15, -0.1) is 0 Å². The molecule has 2 aromatic rings. The number of hydrogen-bond acceptors (Lipinski definition) is 4. The second kappa shape index (κ2) is 5.99. The fourth-order valence-electron chi connectivity index (χ4n) is 1.71. The number of rotatable bonds is 5. The quantitative estimate of drug-likeness (QED) is 0.786. The number of carbonyl (C=O) groups excluding carboxylic acids is 1. The van der Waals surface area contributed by atoms with E-state index >= 15 is 0 Å². The van der Waals surface area contributed by atoms with Crippen LogP contribution >= 0.6 is 0 Å². The number of benzene rings is 1. The van der Waals surface area contributed by atoms with Gasteiger partial charge in [0, 0.05) is 24.2 Å². The minimum atomic E-state index is 0.0171. The summed E-state index contributed by atoms with van der Waals surface area (Å²) >= 11 is 0. The van der Waals surface area contributed by atoms with E-state index in [2.05, 4.69) is 15.4 Å². The van der Waals surface area contributed by atoms with Gasteiger partial charge in [-0.1, -0.05) is 12.1 Å². The summed E-state index contributed by atoms with van der Waals surface area (Å²) in [7, 11) is 0. The van der Waals surface area contributed by atoms with Crippen LogP contribution in [0.3, 0.4) is 0 Å². The van der Waals surface area contributed by atoms with Gasteiger partial charge in [0.25, 0.3) is 0 Å². The first kappa shape index (κ1) is 13.1. The lowest BCUT2D eigenvalue weighted by molar-refractivity contribution is -0.121. The summed E-state index contributed by atoms with van der Waals surface area (Å²) in [4.78, 5) is 15.6. The monoisotopic (exact) mass is 259 g/mol. The number of aromatic nitrogens is 3. The maximum atomic E-state index is 11.3. The van der Waals surface area contributed by atoms with Gasteiger partial charge in [-0.05, 0) is 19.1 Å². The van der Waals surface area contributed by atoms with Crippen molar-refractivity contribution in [3.63, 3.8) is 0 Å². The number of carbonyl (C=O) groups is 1. The van der Waals surface area contributed by atoms with E-state index in [0.29, 0.717) is 31.0 Å². The smallest absolute Gasteiger partial charge is 0.221 e. The molecule has 0 atom stereocenters. The Labute approximate surface area is 111 Å². The zero-order valence-electron chi connectivity index (χ0n) is 10.8. The van der Waals surface area contributed by atoms with Gasteiger partial charge in [-0.2, -0.15) is 5.10 Å². The van der Waals surface area contributed by atoms with E-state index in [1.807, 2.05) is 31.2 Å². The Morgan fingerprint density at radius 1 is 1.47 bits per heavy atom. The van der Waals surface area contributed by atoms with E-state index in [1.165, 1.54) is 0 Å². The first-order valence-corrected chi connectivity index (χ1v) is 6.21. The number of nitrogens with two attached hydrogens (primary N) is 1. The fourth-order valence-corrected chi connectivity index (χ4v) is 1.71. The molecule has 0 fully saturated rings. The summed E-state index contributed by atoms with van der Waals surface area (Å²) in [6.07, 6.45) is 2.02. The lowest BCUT2D eigenvalue weighted by atomic mass is 10.2. The van der Waals surface area contributed by atoms with Gasteiger partial charge in [-0.25, -0.2) is 4.98 Å². The Morgan fingerprint density at radius 2 is 2.32 bits per heavy atom. The third kappa shape index (κ3) is 3.54. The number of nitrogens with zero attached hydrogens (tertiary/aromatic N) is 3. The van der Waals surface area contributed by atoms with Crippen molar-refractivity contribution in [1.29, 1.82) is 0 Å². The Hall–Kier alpha value is -2.37. The highest BCUT2D eigenvalue weighted by molar-refractivity contribution is 5.75. The van der Waals surface area contributed by atoms with Crippen molar-refractivity contribution in [2.24, 2.45) is 0 Å². The van der Waals surface area contributed by atoms with Gasteiger partial charge in [0.2, 0.25) is 5.91 Å². The summed E-state index contributed by atoms with van der Waals surface area (Å²) in [6.45, 7) is 3.05. The summed E-state index contributed by atoms with van der Waals surface area (Å²) in [5.41, 5.74) is 7.27. The van der Waals surface area contributed by atoms with Gasteiger partial charge in [0.05, 0.1) is 6.54 Å². The lowest BCUT2D eigenvalue weighted by Crippen LogP contribution is -2.23. The van der Waals surface area contributed by atoms with Gasteiger partial charge in [-0.3, -0.25) is 9.48 Å². The first-order valence-electron chi connectivity index (χ1n) is 6.21. The van der Waals surface area contributed by atoms with Crippen molar-refractivity contribution >= 4 is 11.6 Å². The maximum Gasteiger partial charge on any atom is 0.221 e. The largest absolute Gasteiger partial charge is 0.399 e. The van der Waals surface area contributed by atoms with Crippen molar-refractivity contribution in [1.82, 2.24) is 20.1 Å². The summed E-state index contributed by atoms with van der Waals surface area (Å²) in [5.74, 6) is 0.631. The van der Waals surface area contributed by atoms with Crippen LogP contribution in [0.5, 0.6) is 0 Å². The average Bonchev–Trinajstić information content (AvgIpc) is 2.85. The predicted octanol–water partition coefficient (Wildman–Crippen LogP) is 1.05. The van der Waals surface area contributed by atoms with Crippen molar-refractivity contribution in [3.05, 3.63) is 30.6 Å². The molecule has 1 heterocycles. The molecule has 0 unspecified atom stereocenters. The predicted molar refractivity (Wildman–Crippen MR) is 73.2 cm³/mol. The van der Waals surface area contributed by atoms with Crippen molar-refractivity contribution < 1.29 is 4.79 Å². The van der Waals surface area contributed by atoms with Crippen LogP contribution in [0.4, 0.5) is 5.69 Å². The second-order valence-corrected chi connectivity index (χ2v) is 4.16. The minimum absolute atomic E-state index is 0.0171. The first-order chi connectivity index (χ1) is 9.19. The molecule has 1 amide bonds. The average molecular weight is 259 g/mol. The molecule has 0 saturated carbocycles. The maximum absolute atomic E-state index is 11.3. The number of nitrogens with one attached hydrogen (secondary N) is 1. The summed E-state index contributed by atoms with van der Waals surface area (Å²) in [6, 6.07) is 7.40. The molecule has 1 aromatic heterocycles. The molecule has 6 heteroatoms. The van der Waals surface area contributed by atoms with Crippen LogP contribution in [0.1, 0.15) is 13.3 Å². The topological polar surface area (TPSA) is 85.8 Å². The molecule has 1 aromatic carbocycles. The molecule has 6 nitrogen and oxygen atoms in total. The van der Waals surface area contributed by atoms with Crippen LogP contribution in [0, 0.1) is 0 Å². The van der Waals surface area contributed by atoms with Crippen LogP contribution in [-0.2, 0) is 11.3 Å². The van der Waals surface area contributed by atoms with E-state index in [0.717, 1.165) is 5.56 Å². The third-order valence-electron chi connectivity index (χ3n) is 2.62. The highest BCUT2D eigenvalue weighted by Crippen LogP contribution is 2.16. The van der Waals surface area contributed by atoms with Gasteiger partial charge in [0.15, 0.2) is 5.82 Å². The molecule has 2 rings (SSSR count). The Kier molecular flexibility index (Phi) is 4.12. The Bertz CT molecular complexity index is 564. The van der Waals surface area contributed by atoms with Crippen molar-refractivity contribution in [2.75, 3.05) is 12.3 Å². The van der Waals surface area contributed by atoms with Crippen LogP contribution in [-0.4, -0.2) is 27.2 Å². The molecule has 100 valence electrons. The molecule has 0 saturated heterocycles. The number of hydrogen-bond donors (Lipinski definition) is 2. The highest BCUT2D eigenvalue weighted by Gasteiger charge is 2.06. The van der Waals surface area contributed by atoms with Gasteiger partial charge >= 0.3 is 0 Å². The molecular formula is C13H17N5O. The van der Waals surface area contributed by atoms with E-state index < -0.39 is 0 Å². The molecule has 3 N–H and O–H groups in total. The highest BCUT2D eigenvalue weighted by atomic mass is 16.1. The van der Waals surface area contributed by atoms with Crippen molar-refractivity contribution in [3.8, 4) is 11.4 Å². The molecule has 0 aliphatic carbocycles. The van der Waals surface area contributed by atoms with Crippen LogP contribution < -0.4 is 11.1 Å². The van der Waals surface area contributed by atoms with E-state index in [9.17, 15) is 4.79 Å². The zero-order chi connectivity index (χ0) is 13.7. The molecule has 0 bridgehead atoms. The van der Waals surface area contributed by atoms with Crippen molar-refractivity contribution in [2.45, 2.75) is 19.9 Å². The Balaban J connectivity index is 2.01. The molecule has 0 radical (unpaired) electrons. The molecule has 0 aliphatic rings. The lowest BCUT2D eigenvalue weighted by Gasteiger charge is -2.01. The standard InChI is InChI=1S/C13H17N5O/c1-2-15-12(19)6-7-18-9-16-13(17-18)10-4-3-5-11(14)8-10/h3-5,8-9H,2,6-7,14H2,1H3,(H,15,19). The van der Waals surface area contributed by atoms with E-state index in [1.54, 1.807) is 11.0 Å². The van der Waals surface area contributed by atoms with Crippen LogP contribution in [0.2, 0.25) is 0 Å². The number of amides is 1. The number of nitrogen functional groups attached to an aromatic ring is 1. The van der Waals surface area contributed by atoms with Gasteiger partial charge < -0.3 is 11.1 Å². The SMILES string of the molecule is CCNC(=O)CCn1cnc(-c2cccc(N)c2)n1. The summed E-state index contributed by atoms with van der Waals surface area (Å²) in [5, 5.41) is 7.07. The molecule has 0 spiro atoms. The minimum Gasteiger partial charge on any atom is -0.399 e. The molecule has 0 aliphatic heterocycles. The fraction of sp³-hybridized carbons (Fsp3) is 0.308. The number of aryl methyl sites for hydroxylation is 1. The Morgan fingerprint density at radius 3 is 3.05 bits per heavy atom. The molecular weight excluding hydrogens is 242 g/mol. The third-order valence-corrected chi connectivity index (χ3v) is 2.62. The number of anilines is 1.